The second kappa shape index (κ2) is 10.2. The molecule has 2 aliphatic rings. The van der Waals surface area contributed by atoms with Crippen LogP contribution in [-0.4, -0.2) is 59.5 Å². The Hall–Kier alpha value is -2.90. The Bertz CT molecular complexity index is 1130. The molecule has 0 saturated carbocycles. The van der Waals surface area contributed by atoms with Crippen molar-refractivity contribution in [1.29, 1.82) is 0 Å². The predicted octanol–water partition coefficient (Wildman–Crippen LogP) is 5.52. The summed E-state index contributed by atoms with van der Waals surface area (Å²) in [5.74, 6) is -0.658. The second-order valence-corrected chi connectivity index (χ2v) is 11.0. The molecule has 4 rings (SSSR count). The van der Waals surface area contributed by atoms with E-state index in [1.807, 2.05) is 45.9 Å². The van der Waals surface area contributed by atoms with Crippen molar-refractivity contribution < 1.29 is 23.9 Å². The topological polar surface area (TPSA) is 76.2 Å². The van der Waals surface area contributed by atoms with E-state index in [0.717, 1.165) is 18.4 Å². The third-order valence-corrected chi connectivity index (χ3v) is 7.08. The number of likely N-dealkylation sites (tertiary alicyclic amines) is 1. The first-order valence-electron chi connectivity index (χ1n) is 12.3. The van der Waals surface area contributed by atoms with E-state index in [-0.39, 0.29) is 37.0 Å². The number of fused-ring (bicyclic) bond motifs is 1. The molecule has 1 fully saturated rings. The van der Waals surface area contributed by atoms with Crippen LogP contribution in [0.25, 0.3) is 0 Å². The van der Waals surface area contributed by atoms with E-state index in [2.05, 4.69) is 0 Å². The molecule has 1 saturated heterocycles. The number of hydrogen-bond donors (Lipinski definition) is 0. The van der Waals surface area contributed by atoms with Crippen molar-refractivity contribution in [3.05, 3.63) is 70.2 Å². The summed E-state index contributed by atoms with van der Waals surface area (Å²) in [6, 6.07) is 14.3. The fraction of sp³-hybridized carbons (Fsp3) is 0.464. The molecular weight excluding hydrogens is 480 g/mol. The van der Waals surface area contributed by atoms with Crippen molar-refractivity contribution in [1.82, 2.24) is 9.80 Å². The minimum Gasteiger partial charge on any atom is -0.444 e. The first-order chi connectivity index (χ1) is 17.0. The van der Waals surface area contributed by atoms with Crippen LogP contribution >= 0.6 is 11.6 Å². The molecule has 7 nitrogen and oxygen atoms in total. The zero-order valence-electron chi connectivity index (χ0n) is 21.3. The van der Waals surface area contributed by atoms with Crippen LogP contribution in [0.2, 0.25) is 5.02 Å². The quantitative estimate of drug-likeness (QED) is 0.477. The number of rotatable bonds is 6. The number of amides is 3. The Kier molecular flexibility index (Phi) is 7.43. The highest BCUT2D eigenvalue weighted by molar-refractivity contribution is 6.30. The van der Waals surface area contributed by atoms with Gasteiger partial charge in [-0.25, -0.2) is 4.79 Å². The van der Waals surface area contributed by atoms with E-state index >= 15 is 0 Å². The summed E-state index contributed by atoms with van der Waals surface area (Å²) in [6.45, 7) is 8.91. The van der Waals surface area contributed by atoms with Crippen LogP contribution in [-0.2, 0) is 15.1 Å². The van der Waals surface area contributed by atoms with Crippen molar-refractivity contribution in [2.24, 2.45) is 5.92 Å². The zero-order chi connectivity index (χ0) is 26.1. The van der Waals surface area contributed by atoms with Crippen LogP contribution < -0.4 is 0 Å². The predicted molar refractivity (Wildman–Crippen MR) is 137 cm³/mol. The maximum atomic E-state index is 12.8. The average Bonchev–Trinajstić information content (AvgIpc) is 3.08. The lowest BCUT2D eigenvalue weighted by molar-refractivity contribution is -0.0996. The Labute approximate surface area is 217 Å². The van der Waals surface area contributed by atoms with E-state index in [4.69, 9.17) is 21.1 Å². The third kappa shape index (κ3) is 5.42. The van der Waals surface area contributed by atoms with Gasteiger partial charge in [0.25, 0.3) is 11.8 Å². The van der Waals surface area contributed by atoms with Crippen molar-refractivity contribution in [2.45, 2.75) is 51.7 Å². The summed E-state index contributed by atoms with van der Waals surface area (Å²) in [4.78, 5) is 41.3. The molecule has 192 valence electrons. The number of imide groups is 1. The smallest absolute Gasteiger partial charge is 0.410 e. The summed E-state index contributed by atoms with van der Waals surface area (Å²) in [7, 11) is 0. The van der Waals surface area contributed by atoms with Gasteiger partial charge < -0.3 is 14.4 Å². The number of carbonyl (C=O) groups is 3. The van der Waals surface area contributed by atoms with Gasteiger partial charge in [-0.3, -0.25) is 14.5 Å². The fourth-order valence-corrected chi connectivity index (χ4v) is 5.13. The lowest BCUT2D eigenvalue weighted by Gasteiger charge is -2.44. The summed E-state index contributed by atoms with van der Waals surface area (Å²) in [5, 5.41) is 0.586. The minimum absolute atomic E-state index is 0.0422. The summed E-state index contributed by atoms with van der Waals surface area (Å²) >= 11 is 6.33. The molecule has 2 aliphatic heterocycles. The molecule has 0 aliphatic carbocycles. The van der Waals surface area contributed by atoms with Gasteiger partial charge in [0.2, 0.25) is 0 Å². The highest BCUT2D eigenvalue weighted by Gasteiger charge is 2.42. The zero-order valence-corrected chi connectivity index (χ0v) is 22.0. The standard InChI is InChI=1S/C28H33ClN2O5/c1-27(2,3)36-26(34)30-14-8-10-20(18-30)28(4,19-9-7-11-21(29)17-19)35-16-15-31-24(32)22-12-5-6-13-23(22)25(31)33/h5-7,9,11-13,17,20H,8,10,14-16,18H2,1-4H3. The molecule has 2 aromatic rings. The fourth-order valence-electron chi connectivity index (χ4n) is 4.94. The van der Waals surface area contributed by atoms with Crippen LogP contribution in [0.4, 0.5) is 4.79 Å². The van der Waals surface area contributed by atoms with E-state index in [1.165, 1.54) is 4.90 Å². The van der Waals surface area contributed by atoms with Gasteiger partial charge in [-0.1, -0.05) is 35.9 Å². The van der Waals surface area contributed by atoms with E-state index in [1.54, 1.807) is 35.2 Å². The van der Waals surface area contributed by atoms with Crippen LogP contribution in [0.3, 0.4) is 0 Å². The Morgan fingerprint density at radius 2 is 1.69 bits per heavy atom. The molecular formula is C28H33ClN2O5. The van der Waals surface area contributed by atoms with Gasteiger partial charge in [0.1, 0.15) is 5.60 Å². The van der Waals surface area contributed by atoms with Crippen LogP contribution in [0.5, 0.6) is 0 Å². The second-order valence-electron chi connectivity index (χ2n) is 10.5. The molecule has 36 heavy (non-hydrogen) atoms. The normalized spacial score (nSPS) is 19.8. The van der Waals surface area contributed by atoms with Crippen LogP contribution in [0, 0.1) is 5.92 Å². The summed E-state index contributed by atoms with van der Waals surface area (Å²) in [5.41, 5.74) is 0.335. The number of piperidine rings is 1. The molecule has 2 heterocycles. The number of carbonyl (C=O) groups excluding carboxylic acids is 3. The molecule has 2 aromatic carbocycles. The molecule has 0 bridgehead atoms. The monoisotopic (exact) mass is 512 g/mol. The van der Waals surface area contributed by atoms with Crippen molar-refractivity contribution in [2.75, 3.05) is 26.2 Å². The number of halogens is 1. The molecule has 0 aromatic heterocycles. The highest BCUT2D eigenvalue weighted by Crippen LogP contribution is 2.40. The van der Waals surface area contributed by atoms with Gasteiger partial charge >= 0.3 is 6.09 Å². The molecule has 0 spiro atoms. The van der Waals surface area contributed by atoms with E-state index < -0.39 is 11.2 Å². The van der Waals surface area contributed by atoms with E-state index in [9.17, 15) is 14.4 Å². The van der Waals surface area contributed by atoms with E-state index in [0.29, 0.717) is 29.2 Å². The lowest BCUT2D eigenvalue weighted by atomic mass is 9.78. The van der Waals surface area contributed by atoms with Crippen molar-refractivity contribution in [3.8, 4) is 0 Å². The van der Waals surface area contributed by atoms with Gasteiger partial charge in [-0.15, -0.1) is 0 Å². The van der Waals surface area contributed by atoms with Crippen molar-refractivity contribution in [3.63, 3.8) is 0 Å². The maximum Gasteiger partial charge on any atom is 0.410 e. The first-order valence-corrected chi connectivity index (χ1v) is 12.7. The Morgan fingerprint density at radius 1 is 1.03 bits per heavy atom. The lowest BCUT2D eigenvalue weighted by Crippen LogP contribution is -2.49. The molecule has 2 unspecified atom stereocenters. The first kappa shape index (κ1) is 26.2. The number of benzene rings is 2. The number of nitrogens with zero attached hydrogens (tertiary/aromatic N) is 2. The van der Waals surface area contributed by atoms with Crippen molar-refractivity contribution >= 4 is 29.5 Å². The van der Waals surface area contributed by atoms with Gasteiger partial charge in [0.05, 0.1) is 29.9 Å². The highest BCUT2D eigenvalue weighted by atomic mass is 35.5. The number of hydrogen-bond acceptors (Lipinski definition) is 5. The van der Waals surface area contributed by atoms with Gasteiger partial charge in [-0.05, 0) is 70.4 Å². The van der Waals surface area contributed by atoms with Crippen LogP contribution in [0.1, 0.15) is 66.8 Å². The molecule has 8 heteroatoms. The molecule has 3 amide bonds. The number of ether oxygens (including phenoxy) is 2. The molecule has 0 N–H and O–H groups in total. The molecule has 2 atom stereocenters. The Morgan fingerprint density at radius 3 is 2.31 bits per heavy atom. The average molecular weight is 513 g/mol. The third-order valence-electron chi connectivity index (χ3n) is 6.84. The van der Waals surface area contributed by atoms with Crippen LogP contribution in [0.15, 0.2) is 48.5 Å². The van der Waals surface area contributed by atoms with Gasteiger partial charge in [-0.2, -0.15) is 0 Å². The largest absolute Gasteiger partial charge is 0.444 e. The van der Waals surface area contributed by atoms with Gasteiger partial charge in [0, 0.05) is 24.0 Å². The van der Waals surface area contributed by atoms with Gasteiger partial charge in [0.15, 0.2) is 0 Å². The Balaban J connectivity index is 1.52. The summed E-state index contributed by atoms with van der Waals surface area (Å²) < 4.78 is 12.1. The maximum absolute atomic E-state index is 12.8. The SMILES string of the molecule is CC(C)(C)OC(=O)N1CCCC(C(C)(OCCN2C(=O)c3ccccc3C2=O)c2cccc(Cl)c2)C1. The summed E-state index contributed by atoms with van der Waals surface area (Å²) in [6.07, 6.45) is 1.31. The molecule has 0 radical (unpaired) electrons. The minimum atomic E-state index is -0.801.